The Hall–Kier alpha value is -2.50. The third kappa shape index (κ3) is 4.80. The largest absolute Gasteiger partial charge is 0.480 e. The van der Waals surface area contributed by atoms with Crippen LogP contribution in [0.4, 0.5) is 4.39 Å². The molecule has 0 fully saturated rings. The first-order valence-corrected chi connectivity index (χ1v) is 7.00. The Morgan fingerprint density at radius 3 is 2.50 bits per heavy atom. The predicted octanol–water partition coefficient (Wildman–Crippen LogP) is 2.89. The molecule has 1 aromatic carbocycles. The van der Waals surface area contributed by atoms with Crippen LogP contribution in [0.15, 0.2) is 30.5 Å². The minimum absolute atomic E-state index is 0.187. The van der Waals surface area contributed by atoms with Gasteiger partial charge in [0, 0.05) is 11.8 Å². The van der Waals surface area contributed by atoms with Crippen molar-refractivity contribution in [1.82, 2.24) is 15.3 Å². The number of benzene rings is 1. The van der Waals surface area contributed by atoms with Gasteiger partial charge in [-0.3, -0.25) is 9.78 Å². The number of methoxy groups -OCH3 is 1. The highest BCUT2D eigenvalue weighted by atomic mass is 19.1. The summed E-state index contributed by atoms with van der Waals surface area (Å²) in [7, 11) is 1.49. The predicted molar refractivity (Wildman–Crippen MR) is 82.2 cm³/mol. The molecule has 0 bridgehead atoms. The number of rotatable bonds is 4. The molecule has 1 aromatic heterocycles. The van der Waals surface area contributed by atoms with Gasteiger partial charge in [-0.2, -0.15) is 0 Å². The van der Waals surface area contributed by atoms with Crippen molar-refractivity contribution < 1.29 is 13.9 Å². The summed E-state index contributed by atoms with van der Waals surface area (Å²) in [6.45, 7) is 5.99. The van der Waals surface area contributed by atoms with Gasteiger partial charge in [-0.15, -0.1) is 0 Å². The van der Waals surface area contributed by atoms with Crippen molar-refractivity contribution in [3.63, 3.8) is 0 Å². The number of nitrogens with one attached hydrogen (secondary N) is 1. The van der Waals surface area contributed by atoms with Gasteiger partial charge in [-0.1, -0.05) is 13.8 Å². The number of hydrogen-bond donors (Lipinski definition) is 1. The van der Waals surface area contributed by atoms with Crippen LogP contribution in [0.25, 0.3) is 0 Å². The average molecular weight is 305 g/mol. The molecule has 2 rings (SSSR count). The number of aromatic nitrogens is 2. The first-order valence-electron chi connectivity index (χ1n) is 7.00. The van der Waals surface area contributed by atoms with E-state index in [2.05, 4.69) is 15.3 Å². The standard InChI is InChI=1S/C14H14FN3O2.C2H6/c1-9-7-16-12(14(18-9)20-2)8-17-13(19)10-3-5-11(15)6-4-10;1-2/h3-7H,8H2,1-2H3,(H,17,19);1-2H3. The van der Waals surface area contributed by atoms with Crippen LogP contribution in [0.3, 0.4) is 0 Å². The zero-order chi connectivity index (χ0) is 16.5. The first-order chi connectivity index (χ1) is 10.6. The van der Waals surface area contributed by atoms with Gasteiger partial charge in [0.15, 0.2) is 0 Å². The Bertz CT molecular complexity index is 615. The van der Waals surface area contributed by atoms with E-state index >= 15 is 0 Å². The monoisotopic (exact) mass is 305 g/mol. The molecule has 0 atom stereocenters. The van der Waals surface area contributed by atoms with Crippen LogP contribution in [0.2, 0.25) is 0 Å². The van der Waals surface area contributed by atoms with Crippen molar-refractivity contribution in [1.29, 1.82) is 0 Å². The minimum atomic E-state index is -0.382. The fourth-order valence-electron chi connectivity index (χ4n) is 1.63. The second-order valence-electron chi connectivity index (χ2n) is 4.16. The van der Waals surface area contributed by atoms with Gasteiger partial charge >= 0.3 is 0 Å². The summed E-state index contributed by atoms with van der Waals surface area (Å²) in [6, 6.07) is 5.31. The molecule has 1 heterocycles. The summed E-state index contributed by atoms with van der Waals surface area (Å²) in [5.74, 6) is -0.313. The summed E-state index contributed by atoms with van der Waals surface area (Å²) in [5, 5.41) is 2.68. The van der Waals surface area contributed by atoms with Gasteiger partial charge in [0.1, 0.15) is 11.5 Å². The van der Waals surface area contributed by atoms with E-state index in [9.17, 15) is 9.18 Å². The van der Waals surface area contributed by atoms with Gasteiger partial charge in [0.25, 0.3) is 5.91 Å². The Kier molecular flexibility index (Phi) is 6.95. The van der Waals surface area contributed by atoms with E-state index in [4.69, 9.17) is 4.74 Å². The lowest BCUT2D eigenvalue weighted by Gasteiger charge is -2.08. The number of nitrogens with zero attached hydrogens (tertiary/aromatic N) is 2. The van der Waals surface area contributed by atoms with Crippen molar-refractivity contribution in [2.45, 2.75) is 27.3 Å². The molecule has 6 heteroatoms. The Morgan fingerprint density at radius 1 is 1.27 bits per heavy atom. The topological polar surface area (TPSA) is 64.1 Å². The van der Waals surface area contributed by atoms with E-state index in [-0.39, 0.29) is 18.3 Å². The molecular formula is C16H20FN3O2. The highest BCUT2D eigenvalue weighted by Crippen LogP contribution is 2.12. The Balaban J connectivity index is 0.00000116. The second kappa shape index (κ2) is 8.71. The van der Waals surface area contributed by atoms with Crippen molar-refractivity contribution >= 4 is 5.91 Å². The van der Waals surface area contributed by atoms with Crippen LogP contribution >= 0.6 is 0 Å². The number of carbonyl (C=O) groups is 1. The molecule has 0 aliphatic rings. The molecule has 1 amide bonds. The number of hydrogen-bond acceptors (Lipinski definition) is 4. The van der Waals surface area contributed by atoms with Crippen molar-refractivity contribution in [2.24, 2.45) is 0 Å². The van der Waals surface area contributed by atoms with Gasteiger partial charge in [0.05, 0.1) is 19.3 Å². The molecule has 0 unspecified atom stereocenters. The average Bonchev–Trinajstić information content (AvgIpc) is 2.55. The van der Waals surface area contributed by atoms with E-state index < -0.39 is 0 Å². The van der Waals surface area contributed by atoms with E-state index in [0.717, 1.165) is 5.69 Å². The summed E-state index contributed by atoms with van der Waals surface area (Å²) >= 11 is 0. The van der Waals surface area contributed by atoms with Gasteiger partial charge < -0.3 is 10.1 Å². The molecule has 0 saturated heterocycles. The SMILES string of the molecule is CC.COc1nc(C)cnc1CNC(=O)c1ccc(F)cc1. The summed E-state index contributed by atoms with van der Waals surface area (Å²) in [6.07, 6.45) is 1.60. The fourth-order valence-corrected chi connectivity index (χ4v) is 1.63. The van der Waals surface area contributed by atoms with Crippen molar-refractivity contribution in [3.05, 3.63) is 53.2 Å². The smallest absolute Gasteiger partial charge is 0.251 e. The maximum Gasteiger partial charge on any atom is 0.251 e. The third-order valence-corrected chi connectivity index (χ3v) is 2.65. The molecule has 0 saturated carbocycles. The van der Waals surface area contributed by atoms with E-state index in [1.807, 2.05) is 13.8 Å². The normalized spacial score (nSPS) is 9.50. The quantitative estimate of drug-likeness (QED) is 0.943. The Morgan fingerprint density at radius 2 is 1.91 bits per heavy atom. The van der Waals surface area contributed by atoms with E-state index in [0.29, 0.717) is 17.1 Å². The van der Waals surface area contributed by atoms with E-state index in [1.54, 1.807) is 13.1 Å². The van der Waals surface area contributed by atoms with Crippen LogP contribution in [0, 0.1) is 12.7 Å². The molecule has 1 N–H and O–H groups in total. The van der Waals surface area contributed by atoms with Crippen molar-refractivity contribution in [3.8, 4) is 5.88 Å². The van der Waals surface area contributed by atoms with Crippen LogP contribution in [-0.4, -0.2) is 23.0 Å². The minimum Gasteiger partial charge on any atom is -0.480 e. The van der Waals surface area contributed by atoms with Crippen LogP contribution < -0.4 is 10.1 Å². The van der Waals surface area contributed by atoms with Gasteiger partial charge in [-0.05, 0) is 31.2 Å². The summed E-state index contributed by atoms with van der Waals surface area (Å²) < 4.78 is 17.9. The van der Waals surface area contributed by atoms with Crippen LogP contribution in [0.5, 0.6) is 5.88 Å². The molecule has 0 aliphatic heterocycles. The number of ether oxygens (including phenoxy) is 1. The molecule has 118 valence electrons. The maximum absolute atomic E-state index is 12.8. The third-order valence-electron chi connectivity index (χ3n) is 2.65. The van der Waals surface area contributed by atoms with Crippen LogP contribution in [-0.2, 0) is 6.54 Å². The summed E-state index contributed by atoms with van der Waals surface area (Å²) in [5.41, 5.74) is 1.65. The molecular weight excluding hydrogens is 285 g/mol. The number of amides is 1. The molecule has 2 aromatic rings. The van der Waals surface area contributed by atoms with E-state index in [1.165, 1.54) is 31.4 Å². The molecule has 0 aliphatic carbocycles. The van der Waals surface area contributed by atoms with Gasteiger partial charge in [0.2, 0.25) is 5.88 Å². The van der Waals surface area contributed by atoms with Crippen molar-refractivity contribution in [2.75, 3.05) is 7.11 Å². The molecule has 0 radical (unpaired) electrons. The second-order valence-corrected chi connectivity index (χ2v) is 4.16. The first kappa shape index (κ1) is 17.6. The van der Waals surface area contributed by atoms with Gasteiger partial charge in [-0.25, -0.2) is 9.37 Å². The molecule has 0 spiro atoms. The number of halogens is 1. The lowest BCUT2D eigenvalue weighted by Crippen LogP contribution is -2.23. The highest BCUT2D eigenvalue weighted by Gasteiger charge is 2.10. The zero-order valence-electron chi connectivity index (χ0n) is 13.2. The maximum atomic E-state index is 12.8. The molecule has 22 heavy (non-hydrogen) atoms. The lowest BCUT2D eigenvalue weighted by atomic mass is 10.2. The lowest BCUT2D eigenvalue weighted by molar-refractivity contribution is 0.0950. The Labute approximate surface area is 129 Å². The highest BCUT2D eigenvalue weighted by molar-refractivity contribution is 5.94. The zero-order valence-corrected chi connectivity index (χ0v) is 13.2. The fraction of sp³-hybridized carbons (Fsp3) is 0.312. The molecule has 5 nitrogen and oxygen atoms in total. The summed E-state index contributed by atoms with van der Waals surface area (Å²) in [4.78, 5) is 20.2. The number of aryl methyl sites for hydroxylation is 1. The van der Waals surface area contributed by atoms with Crippen LogP contribution in [0.1, 0.15) is 35.6 Å². The number of carbonyl (C=O) groups excluding carboxylic acids is 1.